The molecule has 1 amide bonds. The zero-order valence-electron chi connectivity index (χ0n) is 17.7. The molecule has 0 atom stereocenters. The van der Waals surface area contributed by atoms with Crippen molar-refractivity contribution in [3.8, 4) is 22.7 Å². The van der Waals surface area contributed by atoms with Crippen molar-refractivity contribution >= 4 is 46.2 Å². The van der Waals surface area contributed by atoms with Crippen LogP contribution in [0.1, 0.15) is 12.5 Å². The molecule has 1 heterocycles. The standard InChI is InChI=1S/C22H23N3O3S2Si/c1-16(26)23-22-24-21(15-29-22)18-8-6-9-19(14-18)25-30(27,28)20-10-5-7-17(13-20)11-12-31(2,3)4/h5-10,13-15,25H,1-4H3,(H,23,24,26). The van der Waals surface area contributed by atoms with Gasteiger partial charge in [0.15, 0.2) is 5.13 Å². The predicted molar refractivity (Wildman–Crippen MR) is 129 cm³/mol. The SMILES string of the molecule is CC(=O)Nc1nc(-c2cccc(NS(=O)(=O)c3cccc(C#C[Si](C)(C)C)c3)c2)cs1. The van der Waals surface area contributed by atoms with Gasteiger partial charge in [0.05, 0.1) is 10.6 Å². The van der Waals surface area contributed by atoms with E-state index in [9.17, 15) is 13.2 Å². The number of hydrogen-bond donors (Lipinski definition) is 2. The Morgan fingerprint density at radius 3 is 2.55 bits per heavy atom. The molecular formula is C22H23N3O3S2Si. The Labute approximate surface area is 187 Å². The van der Waals surface area contributed by atoms with Crippen LogP contribution in [0.4, 0.5) is 10.8 Å². The molecule has 0 saturated carbocycles. The van der Waals surface area contributed by atoms with Crippen LogP contribution in [0.3, 0.4) is 0 Å². The van der Waals surface area contributed by atoms with Crippen LogP contribution >= 0.6 is 11.3 Å². The summed E-state index contributed by atoms with van der Waals surface area (Å²) < 4.78 is 28.5. The molecule has 160 valence electrons. The highest BCUT2D eigenvalue weighted by atomic mass is 32.2. The lowest BCUT2D eigenvalue weighted by Crippen LogP contribution is -2.16. The maximum Gasteiger partial charge on any atom is 0.261 e. The lowest BCUT2D eigenvalue weighted by atomic mass is 10.1. The van der Waals surface area contributed by atoms with Gasteiger partial charge < -0.3 is 5.32 Å². The number of nitrogens with one attached hydrogen (secondary N) is 2. The third-order valence-corrected chi connectivity index (χ3v) is 6.94. The molecule has 3 aromatic rings. The van der Waals surface area contributed by atoms with Crippen molar-refractivity contribution in [2.75, 3.05) is 10.0 Å². The fraction of sp³-hybridized carbons (Fsp3) is 0.182. The van der Waals surface area contributed by atoms with Crippen molar-refractivity contribution in [2.45, 2.75) is 31.5 Å². The number of anilines is 2. The van der Waals surface area contributed by atoms with Crippen LogP contribution in [-0.2, 0) is 14.8 Å². The van der Waals surface area contributed by atoms with Crippen molar-refractivity contribution in [3.63, 3.8) is 0 Å². The number of thiazole rings is 1. The van der Waals surface area contributed by atoms with E-state index in [0.717, 1.165) is 5.56 Å². The van der Waals surface area contributed by atoms with E-state index in [-0.39, 0.29) is 10.8 Å². The van der Waals surface area contributed by atoms with E-state index in [2.05, 4.69) is 46.1 Å². The second-order valence-corrected chi connectivity index (χ2v) is 15.2. The molecular weight excluding hydrogens is 446 g/mol. The van der Waals surface area contributed by atoms with E-state index in [1.54, 1.807) is 41.8 Å². The summed E-state index contributed by atoms with van der Waals surface area (Å²) >= 11 is 1.30. The predicted octanol–water partition coefficient (Wildman–Crippen LogP) is 4.80. The lowest BCUT2D eigenvalue weighted by Gasteiger charge is -2.10. The number of benzene rings is 2. The Hall–Kier alpha value is -2.93. The zero-order valence-corrected chi connectivity index (χ0v) is 20.3. The first-order valence-corrected chi connectivity index (χ1v) is 15.4. The van der Waals surface area contributed by atoms with E-state index in [1.165, 1.54) is 18.3 Å². The van der Waals surface area contributed by atoms with Crippen molar-refractivity contribution in [1.82, 2.24) is 4.98 Å². The summed E-state index contributed by atoms with van der Waals surface area (Å²) in [5.74, 6) is 2.89. The molecule has 0 spiro atoms. The molecule has 0 fully saturated rings. The highest BCUT2D eigenvalue weighted by molar-refractivity contribution is 7.92. The average molecular weight is 470 g/mol. The van der Waals surface area contributed by atoms with Gasteiger partial charge in [0.25, 0.3) is 10.0 Å². The van der Waals surface area contributed by atoms with Gasteiger partial charge in [-0.05, 0) is 30.3 Å². The van der Waals surface area contributed by atoms with Crippen LogP contribution in [0.25, 0.3) is 11.3 Å². The molecule has 0 unspecified atom stereocenters. The topological polar surface area (TPSA) is 88.2 Å². The van der Waals surface area contributed by atoms with Gasteiger partial charge in [-0.25, -0.2) is 13.4 Å². The minimum Gasteiger partial charge on any atom is -0.302 e. The molecule has 9 heteroatoms. The highest BCUT2D eigenvalue weighted by Gasteiger charge is 2.16. The number of carbonyl (C=O) groups is 1. The summed E-state index contributed by atoms with van der Waals surface area (Å²) in [6, 6.07) is 13.6. The summed E-state index contributed by atoms with van der Waals surface area (Å²) in [5, 5.41) is 4.94. The molecule has 3 rings (SSSR count). The molecule has 2 aromatic carbocycles. The second kappa shape index (κ2) is 9.06. The Bertz CT molecular complexity index is 1280. The molecule has 0 aliphatic heterocycles. The number of carbonyl (C=O) groups excluding carboxylic acids is 1. The molecule has 2 N–H and O–H groups in total. The van der Waals surface area contributed by atoms with E-state index >= 15 is 0 Å². The fourth-order valence-corrected chi connectivity index (χ4v) is 4.95. The number of hydrogen-bond acceptors (Lipinski definition) is 5. The fourth-order valence-electron chi connectivity index (χ4n) is 2.57. The maximum atomic E-state index is 12.9. The van der Waals surface area contributed by atoms with E-state index in [1.807, 2.05) is 12.1 Å². The summed E-state index contributed by atoms with van der Waals surface area (Å²) in [5.41, 5.74) is 5.73. The normalized spacial score (nSPS) is 11.4. The Morgan fingerprint density at radius 1 is 1.10 bits per heavy atom. The minimum absolute atomic E-state index is 0.155. The Balaban J connectivity index is 1.84. The van der Waals surface area contributed by atoms with Gasteiger partial charge in [-0.3, -0.25) is 9.52 Å². The molecule has 1 aromatic heterocycles. The maximum absolute atomic E-state index is 12.9. The number of amides is 1. The van der Waals surface area contributed by atoms with Crippen LogP contribution in [0.2, 0.25) is 19.6 Å². The van der Waals surface area contributed by atoms with E-state index < -0.39 is 18.1 Å². The van der Waals surface area contributed by atoms with Crippen molar-refractivity contribution < 1.29 is 13.2 Å². The third-order valence-electron chi connectivity index (χ3n) is 3.92. The van der Waals surface area contributed by atoms with Gasteiger partial charge in [0, 0.05) is 29.1 Å². The largest absolute Gasteiger partial charge is 0.302 e. The number of sulfonamides is 1. The zero-order chi connectivity index (χ0) is 22.6. The Morgan fingerprint density at radius 2 is 1.84 bits per heavy atom. The highest BCUT2D eigenvalue weighted by Crippen LogP contribution is 2.27. The van der Waals surface area contributed by atoms with Crippen molar-refractivity contribution in [3.05, 3.63) is 59.5 Å². The summed E-state index contributed by atoms with van der Waals surface area (Å²) in [4.78, 5) is 15.7. The smallest absolute Gasteiger partial charge is 0.261 e. The summed E-state index contributed by atoms with van der Waals surface area (Å²) in [7, 11) is -5.35. The molecule has 6 nitrogen and oxygen atoms in total. The minimum atomic E-state index is -3.78. The first-order valence-electron chi connectivity index (χ1n) is 9.51. The average Bonchev–Trinajstić information content (AvgIpc) is 3.14. The van der Waals surface area contributed by atoms with Crippen molar-refractivity contribution in [2.24, 2.45) is 0 Å². The molecule has 0 aliphatic carbocycles. The van der Waals surface area contributed by atoms with Crippen LogP contribution in [-0.4, -0.2) is 27.4 Å². The number of aromatic nitrogens is 1. The third kappa shape index (κ3) is 6.52. The van der Waals surface area contributed by atoms with Gasteiger partial charge >= 0.3 is 0 Å². The number of nitrogens with zero attached hydrogens (tertiary/aromatic N) is 1. The number of rotatable bonds is 5. The van der Waals surface area contributed by atoms with Crippen molar-refractivity contribution in [1.29, 1.82) is 0 Å². The lowest BCUT2D eigenvalue weighted by molar-refractivity contribution is -0.114. The quantitative estimate of drug-likeness (QED) is 0.415. The molecule has 31 heavy (non-hydrogen) atoms. The van der Waals surface area contributed by atoms with Gasteiger partial charge in [-0.2, -0.15) is 0 Å². The molecule has 0 radical (unpaired) electrons. The van der Waals surface area contributed by atoms with E-state index in [4.69, 9.17) is 0 Å². The Kier molecular flexibility index (Phi) is 6.64. The monoisotopic (exact) mass is 469 g/mol. The van der Waals surface area contributed by atoms with Crippen LogP contribution in [0.15, 0.2) is 58.8 Å². The van der Waals surface area contributed by atoms with Crippen LogP contribution in [0.5, 0.6) is 0 Å². The summed E-state index contributed by atoms with van der Waals surface area (Å²) in [6.45, 7) is 7.83. The molecule has 0 saturated heterocycles. The van der Waals surface area contributed by atoms with Gasteiger partial charge in [0.2, 0.25) is 5.91 Å². The first-order chi connectivity index (χ1) is 14.5. The first kappa shape index (κ1) is 22.7. The summed E-state index contributed by atoms with van der Waals surface area (Å²) in [6.07, 6.45) is 0. The second-order valence-electron chi connectivity index (χ2n) is 7.93. The van der Waals surface area contributed by atoms with E-state index in [0.29, 0.717) is 22.1 Å². The molecule has 0 aliphatic rings. The van der Waals surface area contributed by atoms with Gasteiger partial charge in [-0.15, -0.1) is 16.9 Å². The molecule has 0 bridgehead atoms. The van der Waals surface area contributed by atoms with Crippen LogP contribution in [0, 0.1) is 11.5 Å². The van der Waals surface area contributed by atoms with Crippen LogP contribution < -0.4 is 10.0 Å². The van der Waals surface area contributed by atoms with Gasteiger partial charge in [-0.1, -0.05) is 43.8 Å². The van der Waals surface area contributed by atoms with Gasteiger partial charge in [0.1, 0.15) is 8.07 Å².